The van der Waals surface area contributed by atoms with E-state index >= 15 is 0 Å². The fourth-order valence-electron chi connectivity index (χ4n) is 2.63. The van der Waals surface area contributed by atoms with Crippen molar-refractivity contribution in [1.82, 2.24) is 19.7 Å². The summed E-state index contributed by atoms with van der Waals surface area (Å²) in [5, 5.41) is 12.9. The number of aromatic nitrogens is 4. The summed E-state index contributed by atoms with van der Waals surface area (Å²) in [5.41, 5.74) is -0.233. The lowest BCUT2D eigenvalue weighted by atomic mass is 10.2. The monoisotopic (exact) mass is 430 g/mol. The molecule has 0 saturated heterocycles. The number of ether oxygens (including phenoxy) is 1. The second-order valence-electron chi connectivity index (χ2n) is 5.76. The fourth-order valence-corrected chi connectivity index (χ4v) is 4.11. The number of hydrogen-bond donors (Lipinski definition) is 2. The molecule has 0 aliphatic heterocycles. The maximum Gasteiger partial charge on any atom is 0.511 e. The van der Waals surface area contributed by atoms with E-state index in [0.717, 1.165) is 10.9 Å². The second-order valence-corrected chi connectivity index (χ2v) is 7.62. The number of nitrogens with one attached hydrogen (secondary N) is 1. The maximum atomic E-state index is 12.8. The summed E-state index contributed by atoms with van der Waals surface area (Å²) in [6.07, 6.45) is 0.922. The van der Waals surface area contributed by atoms with Gasteiger partial charge in [-0.1, -0.05) is 29.8 Å². The van der Waals surface area contributed by atoms with Crippen LogP contribution in [0, 0.1) is 0 Å². The lowest BCUT2D eigenvalue weighted by Gasteiger charge is -2.08. The minimum Gasteiger partial charge on any atom is -0.449 e. The minimum atomic E-state index is -1.57. The molecule has 0 amide bonds. The van der Waals surface area contributed by atoms with Crippen molar-refractivity contribution in [2.24, 2.45) is 0 Å². The third kappa shape index (κ3) is 3.75. The first-order valence-corrected chi connectivity index (χ1v) is 9.61. The minimum absolute atomic E-state index is 0.0353. The quantitative estimate of drug-likeness (QED) is 0.476. The predicted molar refractivity (Wildman–Crippen MR) is 104 cm³/mol. The molecule has 9 nitrogen and oxygen atoms in total. The molecule has 0 saturated carbocycles. The Kier molecular flexibility index (Phi) is 4.87. The molecule has 146 valence electrons. The van der Waals surface area contributed by atoms with Crippen LogP contribution in [0.3, 0.4) is 0 Å². The van der Waals surface area contributed by atoms with Crippen molar-refractivity contribution in [3.63, 3.8) is 0 Å². The number of carboxylic acid groups (broad SMARTS) is 1. The average molecular weight is 431 g/mol. The Morgan fingerprint density at radius 1 is 1.24 bits per heavy atom. The van der Waals surface area contributed by atoms with E-state index in [4.69, 9.17) is 16.7 Å². The van der Waals surface area contributed by atoms with E-state index < -0.39 is 22.5 Å². The molecule has 11 heteroatoms. The fraction of sp³-hybridized carbons (Fsp3) is 0. The van der Waals surface area contributed by atoms with Crippen LogP contribution >= 0.6 is 11.6 Å². The van der Waals surface area contributed by atoms with Gasteiger partial charge in [-0.25, -0.2) is 18.7 Å². The van der Waals surface area contributed by atoms with Gasteiger partial charge in [-0.05, 0) is 24.3 Å². The number of benzene rings is 2. The lowest BCUT2D eigenvalue weighted by molar-refractivity contribution is 0.144. The highest BCUT2D eigenvalue weighted by molar-refractivity contribution is 7.85. The van der Waals surface area contributed by atoms with Gasteiger partial charge in [0.1, 0.15) is 0 Å². The third-order valence-corrected chi connectivity index (χ3v) is 5.75. The number of H-pyrrole nitrogens is 1. The SMILES string of the molecule is O=C(O)Oc1cnn(-c2nc3cc(Cl)c(S(=O)c4ccccc4)cc3c(=O)[nH]2)c1. The molecule has 1 unspecified atom stereocenters. The van der Waals surface area contributed by atoms with Crippen molar-refractivity contribution in [3.8, 4) is 11.7 Å². The molecule has 0 aliphatic rings. The van der Waals surface area contributed by atoms with Crippen molar-refractivity contribution in [3.05, 3.63) is 70.2 Å². The summed E-state index contributed by atoms with van der Waals surface area (Å²) in [4.78, 5) is 30.9. The van der Waals surface area contributed by atoms with Gasteiger partial charge in [0.2, 0.25) is 5.95 Å². The molecule has 0 aliphatic carbocycles. The van der Waals surface area contributed by atoms with Crippen LogP contribution in [0.1, 0.15) is 0 Å². The smallest absolute Gasteiger partial charge is 0.449 e. The van der Waals surface area contributed by atoms with Gasteiger partial charge >= 0.3 is 6.16 Å². The standard InChI is InChI=1S/C18H11ClN4O5S/c19-13-7-14-12(6-15(13)29(27)11-4-2-1-3-5-11)16(24)22-17(21-14)23-9-10(8-20-23)28-18(25)26/h1-9H,(H,25,26)(H,21,22,24). The Bertz CT molecular complexity index is 1320. The van der Waals surface area contributed by atoms with E-state index in [1.165, 1.54) is 18.3 Å². The zero-order valence-electron chi connectivity index (χ0n) is 14.4. The molecule has 2 aromatic carbocycles. The van der Waals surface area contributed by atoms with Crippen molar-refractivity contribution in [1.29, 1.82) is 0 Å². The van der Waals surface area contributed by atoms with Gasteiger partial charge in [-0.3, -0.25) is 9.78 Å². The van der Waals surface area contributed by atoms with Crippen LogP contribution < -0.4 is 10.3 Å². The van der Waals surface area contributed by atoms with Crippen molar-refractivity contribution >= 4 is 39.5 Å². The Morgan fingerprint density at radius 2 is 2.00 bits per heavy atom. The van der Waals surface area contributed by atoms with Crippen LogP contribution in [0.15, 0.2) is 69.4 Å². The van der Waals surface area contributed by atoms with Gasteiger partial charge in [-0.15, -0.1) is 0 Å². The first-order chi connectivity index (χ1) is 13.9. The van der Waals surface area contributed by atoms with Crippen LogP contribution in [-0.4, -0.2) is 35.2 Å². The highest BCUT2D eigenvalue weighted by Crippen LogP contribution is 2.27. The van der Waals surface area contributed by atoms with Crippen molar-refractivity contribution in [2.75, 3.05) is 0 Å². The molecular formula is C18H11ClN4O5S. The number of fused-ring (bicyclic) bond motifs is 1. The lowest BCUT2D eigenvalue weighted by Crippen LogP contribution is -2.14. The van der Waals surface area contributed by atoms with Gasteiger partial charge in [-0.2, -0.15) is 5.10 Å². The molecule has 29 heavy (non-hydrogen) atoms. The molecule has 4 aromatic rings. The molecule has 4 rings (SSSR count). The van der Waals surface area contributed by atoms with Crippen molar-refractivity contribution < 1.29 is 18.8 Å². The molecule has 2 heterocycles. The van der Waals surface area contributed by atoms with E-state index in [-0.39, 0.29) is 27.6 Å². The Hall–Kier alpha value is -3.50. The Morgan fingerprint density at radius 3 is 2.72 bits per heavy atom. The number of carbonyl (C=O) groups is 1. The van der Waals surface area contributed by atoms with Crippen molar-refractivity contribution in [2.45, 2.75) is 9.79 Å². The van der Waals surface area contributed by atoms with Gasteiger partial charge < -0.3 is 9.84 Å². The van der Waals surface area contributed by atoms with Gasteiger partial charge in [0, 0.05) is 4.90 Å². The summed E-state index contributed by atoms with van der Waals surface area (Å²) in [7, 11) is -1.57. The van der Waals surface area contributed by atoms with Crippen LogP contribution in [0.25, 0.3) is 16.9 Å². The number of rotatable bonds is 4. The largest absolute Gasteiger partial charge is 0.511 e. The molecule has 0 spiro atoms. The van der Waals surface area contributed by atoms with Gasteiger partial charge in [0.15, 0.2) is 5.75 Å². The third-order valence-electron chi connectivity index (χ3n) is 3.88. The van der Waals surface area contributed by atoms with E-state index in [1.54, 1.807) is 30.3 Å². The molecular weight excluding hydrogens is 420 g/mol. The number of halogens is 1. The normalized spacial score (nSPS) is 12.0. The maximum absolute atomic E-state index is 12.8. The van der Waals surface area contributed by atoms with E-state index in [0.29, 0.717) is 9.79 Å². The molecule has 0 radical (unpaired) electrons. The highest BCUT2D eigenvalue weighted by Gasteiger charge is 2.16. The Balaban J connectivity index is 1.78. The zero-order chi connectivity index (χ0) is 20.5. The topological polar surface area (TPSA) is 127 Å². The second kappa shape index (κ2) is 7.49. The number of nitrogens with zero attached hydrogens (tertiary/aromatic N) is 3. The molecule has 2 aromatic heterocycles. The summed E-state index contributed by atoms with van der Waals surface area (Å²) < 4.78 is 18.5. The van der Waals surface area contributed by atoms with Crippen LogP contribution in [0.5, 0.6) is 5.75 Å². The summed E-state index contributed by atoms with van der Waals surface area (Å²) >= 11 is 6.31. The number of aromatic amines is 1. The summed E-state index contributed by atoms with van der Waals surface area (Å²) in [5.74, 6) is 0.00243. The van der Waals surface area contributed by atoms with E-state index in [9.17, 15) is 13.8 Å². The first kappa shape index (κ1) is 18.8. The van der Waals surface area contributed by atoms with E-state index in [2.05, 4.69) is 19.8 Å². The molecule has 0 bridgehead atoms. The van der Waals surface area contributed by atoms with E-state index in [1.807, 2.05) is 0 Å². The highest BCUT2D eigenvalue weighted by atomic mass is 35.5. The molecule has 0 fully saturated rings. The summed E-state index contributed by atoms with van der Waals surface area (Å²) in [6, 6.07) is 11.6. The molecule has 2 N–H and O–H groups in total. The molecule has 1 atom stereocenters. The zero-order valence-corrected chi connectivity index (χ0v) is 16.0. The van der Waals surface area contributed by atoms with Crippen LogP contribution in [-0.2, 0) is 10.8 Å². The van der Waals surface area contributed by atoms with Gasteiger partial charge in [0.05, 0.1) is 44.0 Å². The van der Waals surface area contributed by atoms with Crippen LogP contribution in [0.2, 0.25) is 5.02 Å². The van der Waals surface area contributed by atoms with Gasteiger partial charge in [0.25, 0.3) is 5.56 Å². The first-order valence-electron chi connectivity index (χ1n) is 8.08. The van der Waals surface area contributed by atoms with Crippen LogP contribution in [0.4, 0.5) is 4.79 Å². The predicted octanol–water partition coefficient (Wildman–Crippen LogP) is 2.99. The number of hydrogen-bond acceptors (Lipinski definition) is 6. The Labute approximate surface area is 170 Å². The summed E-state index contributed by atoms with van der Waals surface area (Å²) in [6.45, 7) is 0. The average Bonchev–Trinajstić information content (AvgIpc) is 3.15.